The second-order valence-electron chi connectivity index (χ2n) is 5.72. The number of phenolic OH excluding ortho intramolecular Hbond substituents is 2. The Morgan fingerprint density at radius 3 is 2.54 bits per heavy atom. The molecule has 2 aromatic rings. The van der Waals surface area contributed by atoms with E-state index in [1.54, 1.807) is 19.9 Å². The van der Waals surface area contributed by atoms with Gasteiger partial charge in [-0.2, -0.15) is 5.26 Å². The van der Waals surface area contributed by atoms with Crippen molar-refractivity contribution in [3.05, 3.63) is 41.2 Å². The summed E-state index contributed by atoms with van der Waals surface area (Å²) in [5.74, 6) is -2.67. The molecule has 0 fully saturated rings. The third-order valence-corrected chi connectivity index (χ3v) is 3.68. The summed E-state index contributed by atoms with van der Waals surface area (Å²) in [5, 5.41) is 31.6. The largest absolute Gasteiger partial charge is 0.508 e. The summed E-state index contributed by atoms with van der Waals surface area (Å²) in [4.78, 5) is 11.9. The number of hydrogen-bond acceptors (Lipinski definition) is 4. The van der Waals surface area contributed by atoms with Crippen LogP contribution in [0.5, 0.6) is 11.5 Å². The van der Waals surface area contributed by atoms with Gasteiger partial charge in [0.15, 0.2) is 11.6 Å². The third-order valence-electron chi connectivity index (χ3n) is 3.68. The second-order valence-corrected chi connectivity index (χ2v) is 5.72. The van der Waals surface area contributed by atoms with E-state index in [-0.39, 0.29) is 28.1 Å². The van der Waals surface area contributed by atoms with Gasteiger partial charge in [-0.25, -0.2) is 4.39 Å². The number of carbonyl (C=O) groups is 1. The molecule has 3 N–H and O–H groups in total. The van der Waals surface area contributed by atoms with Gasteiger partial charge in [0, 0.05) is 11.5 Å². The average molecular weight is 328 g/mol. The molecular formula is C18H17FN2O3. The van der Waals surface area contributed by atoms with Crippen LogP contribution in [0.3, 0.4) is 0 Å². The Bertz CT molecular complexity index is 854. The number of aromatic hydroxyl groups is 2. The number of anilines is 1. The number of benzene rings is 2. The zero-order chi connectivity index (χ0) is 18.0. The zero-order valence-electron chi connectivity index (χ0n) is 13.5. The normalized spacial score (nSPS) is 10.5. The Labute approximate surface area is 139 Å². The summed E-state index contributed by atoms with van der Waals surface area (Å²) in [6.45, 7) is 4.80. The quantitative estimate of drug-likeness (QED) is 0.749. The van der Waals surface area contributed by atoms with Crippen molar-refractivity contribution in [1.29, 1.82) is 5.26 Å². The molecule has 0 atom stereocenters. The van der Waals surface area contributed by atoms with Gasteiger partial charge in [-0.1, -0.05) is 26.0 Å². The average Bonchev–Trinajstić information content (AvgIpc) is 2.52. The van der Waals surface area contributed by atoms with Crippen LogP contribution in [0.15, 0.2) is 24.3 Å². The summed E-state index contributed by atoms with van der Waals surface area (Å²) in [5.41, 5.74) is 0.315. The molecule has 2 aromatic carbocycles. The van der Waals surface area contributed by atoms with E-state index in [1.807, 2.05) is 6.07 Å². The Morgan fingerprint density at radius 2 is 2.00 bits per heavy atom. The van der Waals surface area contributed by atoms with Gasteiger partial charge in [0.05, 0.1) is 5.56 Å². The van der Waals surface area contributed by atoms with Crippen molar-refractivity contribution in [2.45, 2.75) is 20.8 Å². The first-order valence-electron chi connectivity index (χ1n) is 7.33. The van der Waals surface area contributed by atoms with E-state index >= 15 is 0 Å². The first kappa shape index (κ1) is 17.3. The predicted octanol–water partition coefficient (Wildman–Crippen LogP) is 3.68. The summed E-state index contributed by atoms with van der Waals surface area (Å²) >= 11 is 0. The summed E-state index contributed by atoms with van der Waals surface area (Å²) in [6.07, 6.45) is 0. The van der Waals surface area contributed by atoms with E-state index in [9.17, 15) is 24.7 Å². The molecule has 0 aliphatic heterocycles. The molecule has 0 aromatic heterocycles. The smallest absolute Gasteiger partial charge is 0.227 e. The van der Waals surface area contributed by atoms with Gasteiger partial charge in [-0.15, -0.1) is 0 Å². The summed E-state index contributed by atoms with van der Waals surface area (Å²) in [6, 6.07) is 7.74. The van der Waals surface area contributed by atoms with E-state index in [4.69, 9.17) is 0 Å². The first-order valence-corrected chi connectivity index (χ1v) is 7.33. The van der Waals surface area contributed by atoms with Crippen LogP contribution in [-0.2, 0) is 4.79 Å². The lowest BCUT2D eigenvalue weighted by Gasteiger charge is -2.17. The Balaban J connectivity index is 2.72. The van der Waals surface area contributed by atoms with E-state index in [0.29, 0.717) is 5.56 Å². The molecule has 5 nitrogen and oxygen atoms in total. The van der Waals surface area contributed by atoms with Crippen LogP contribution >= 0.6 is 0 Å². The number of phenols is 2. The van der Waals surface area contributed by atoms with E-state index in [1.165, 1.54) is 25.1 Å². The molecule has 0 saturated heterocycles. The third kappa shape index (κ3) is 3.01. The topological polar surface area (TPSA) is 93.4 Å². The molecule has 0 radical (unpaired) electrons. The van der Waals surface area contributed by atoms with Gasteiger partial charge in [0.25, 0.3) is 0 Å². The van der Waals surface area contributed by atoms with Crippen molar-refractivity contribution in [3.8, 4) is 28.7 Å². The summed E-state index contributed by atoms with van der Waals surface area (Å²) in [7, 11) is 0. The van der Waals surface area contributed by atoms with Gasteiger partial charge in [-0.05, 0) is 30.2 Å². The molecule has 124 valence electrons. The van der Waals surface area contributed by atoms with Gasteiger partial charge >= 0.3 is 0 Å². The number of amides is 1. The highest BCUT2D eigenvalue weighted by Crippen LogP contribution is 2.41. The number of halogens is 1. The molecule has 0 aliphatic carbocycles. The van der Waals surface area contributed by atoms with Gasteiger partial charge in [0.1, 0.15) is 17.5 Å². The van der Waals surface area contributed by atoms with Crippen LogP contribution < -0.4 is 5.32 Å². The van der Waals surface area contributed by atoms with Crippen LogP contribution in [0.1, 0.15) is 25.0 Å². The van der Waals surface area contributed by atoms with Gasteiger partial charge < -0.3 is 15.5 Å². The molecule has 0 heterocycles. The monoisotopic (exact) mass is 328 g/mol. The molecule has 0 unspecified atom stereocenters. The highest BCUT2D eigenvalue weighted by atomic mass is 19.1. The lowest BCUT2D eigenvalue weighted by molar-refractivity contribution is -0.118. The Hall–Kier alpha value is -3.07. The van der Waals surface area contributed by atoms with E-state index in [2.05, 4.69) is 5.32 Å². The number of nitrogens with one attached hydrogen (secondary N) is 1. The molecule has 2 rings (SSSR count). The Morgan fingerprint density at radius 1 is 1.33 bits per heavy atom. The number of nitrogens with zero attached hydrogens (tertiary/aromatic N) is 1. The molecule has 0 bridgehead atoms. The second kappa shape index (κ2) is 6.59. The van der Waals surface area contributed by atoms with Gasteiger partial charge in [0.2, 0.25) is 5.91 Å². The number of carbonyl (C=O) groups excluding carboxylic acids is 1. The van der Waals surface area contributed by atoms with Crippen LogP contribution in [0, 0.1) is 30.0 Å². The SMILES string of the molecule is Cc1c(C#N)c(NC(=O)C(C)C)c(O)c(F)c1-c1cccc(O)c1. The van der Waals surface area contributed by atoms with Crippen LogP contribution in [-0.4, -0.2) is 16.1 Å². The first-order chi connectivity index (χ1) is 11.3. The molecule has 0 saturated carbocycles. The van der Waals surface area contributed by atoms with Crippen molar-refractivity contribution in [1.82, 2.24) is 0 Å². The van der Waals surface area contributed by atoms with Crippen molar-refractivity contribution in [2.24, 2.45) is 5.92 Å². The maximum atomic E-state index is 14.7. The highest BCUT2D eigenvalue weighted by molar-refractivity contribution is 5.96. The fourth-order valence-electron chi connectivity index (χ4n) is 2.36. The van der Waals surface area contributed by atoms with Crippen LogP contribution in [0.25, 0.3) is 11.1 Å². The van der Waals surface area contributed by atoms with Gasteiger partial charge in [-0.3, -0.25) is 4.79 Å². The van der Waals surface area contributed by atoms with Crippen molar-refractivity contribution in [3.63, 3.8) is 0 Å². The predicted molar refractivity (Wildman–Crippen MR) is 88.1 cm³/mol. The molecule has 6 heteroatoms. The molecular weight excluding hydrogens is 311 g/mol. The van der Waals surface area contributed by atoms with E-state index in [0.717, 1.165) is 0 Å². The number of hydrogen-bond donors (Lipinski definition) is 3. The lowest BCUT2D eigenvalue weighted by Crippen LogP contribution is -2.19. The maximum absolute atomic E-state index is 14.7. The number of nitriles is 1. The molecule has 24 heavy (non-hydrogen) atoms. The minimum absolute atomic E-state index is 0.00231. The minimum Gasteiger partial charge on any atom is -0.508 e. The molecule has 0 aliphatic rings. The fraction of sp³-hybridized carbons (Fsp3) is 0.222. The van der Waals surface area contributed by atoms with Crippen molar-refractivity contribution >= 4 is 11.6 Å². The summed E-state index contributed by atoms with van der Waals surface area (Å²) < 4.78 is 14.7. The molecule has 0 spiro atoms. The number of rotatable bonds is 3. The fourth-order valence-corrected chi connectivity index (χ4v) is 2.36. The van der Waals surface area contributed by atoms with Crippen molar-refractivity contribution in [2.75, 3.05) is 5.32 Å². The standard InChI is InChI=1S/C18H17FN2O3/c1-9(2)18(24)21-16-13(8-20)10(3)14(15(19)17(16)23)11-5-4-6-12(22)7-11/h4-7,9,22-23H,1-3H3,(H,21,24). The van der Waals surface area contributed by atoms with Crippen LogP contribution in [0.2, 0.25) is 0 Å². The lowest BCUT2D eigenvalue weighted by atomic mass is 9.93. The highest BCUT2D eigenvalue weighted by Gasteiger charge is 2.24. The van der Waals surface area contributed by atoms with E-state index < -0.39 is 23.4 Å². The Kier molecular flexibility index (Phi) is 4.74. The minimum atomic E-state index is -0.962. The zero-order valence-corrected chi connectivity index (χ0v) is 13.5. The maximum Gasteiger partial charge on any atom is 0.227 e. The van der Waals surface area contributed by atoms with Crippen molar-refractivity contribution < 1.29 is 19.4 Å². The molecule has 1 amide bonds. The van der Waals surface area contributed by atoms with Crippen LogP contribution in [0.4, 0.5) is 10.1 Å².